The van der Waals surface area contributed by atoms with Crippen molar-refractivity contribution in [3.8, 4) is 0 Å². The standard InChI is InChI=1S/C41H50O12/c1-26(42)47-32-30(24-43-21-27-15-9-6-10-16-27)48-38(36(45-23-29-19-13-8-14-20-29)34(32)44-22-28-17-11-7-12-18-28)46-25-31-33-35(51-40(2,3)50-33)37-39(49-31)53-41(4,5)52-37/h6-20,30-39H,21-25H2,1-5H3/t30-,31-,32+,33+,34+,35+,36-,37-,38+,39-/m1/s1. The molecule has 0 spiro atoms. The van der Waals surface area contributed by atoms with Crippen LogP contribution in [0.2, 0.25) is 0 Å². The Morgan fingerprint density at radius 3 is 1.70 bits per heavy atom. The maximum Gasteiger partial charge on any atom is 0.303 e. The van der Waals surface area contributed by atoms with Gasteiger partial charge in [0, 0.05) is 6.92 Å². The molecule has 10 atom stereocenters. The number of benzene rings is 3. The molecule has 7 rings (SSSR count). The third kappa shape index (κ3) is 9.52. The van der Waals surface area contributed by atoms with Gasteiger partial charge in [-0.05, 0) is 44.4 Å². The van der Waals surface area contributed by atoms with Gasteiger partial charge < -0.3 is 52.1 Å². The summed E-state index contributed by atoms with van der Waals surface area (Å²) in [6.45, 7) is 9.67. The van der Waals surface area contributed by atoms with Gasteiger partial charge in [-0.3, -0.25) is 4.79 Å². The largest absolute Gasteiger partial charge is 0.457 e. The lowest BCUT2D eigenvalue weighted by atomic mass is 9.97. The van der Waals surface area contributed by atoms with Crippen LogP contribution in [0.4, 0.5) is 0 Å². The van der Waals surface area contributed by atoms with E-state index >= 15 is 0 Å². The van der Waals surface area contributed by atoms with E-state index in [0.29, 0.717) is 6.61 Å². The Morgan fingerprint density at radius 1 is 0.566 bits per heavy atom. The van der Waals surface area contributed by atoms with Crippen LogP contribution in [0.5, 0.6) is 0 Å². The molecule has 0 aliphatic carbocycles. The van der Waals surface area contributed by atoms with Gasteiger partial charge in [-0.25, -0.2) is 0 Å². The average molecular weight is 735 g/mol. The zero-order valence-electron chi connectivity index (χ0n) is 30.9. The van der Waals surface area contributed by atoms with Crippen LogP contribution in [0.3, 0.4) is 0 Å². The molecule has 4 saturated heterocycles. The minimum atomic E-state index is -0.996. The maximum atomic E-state index is 12.7. The Hall–Kier alpha value is -3.27. The molecule has 12 heteroatoms. The summed E-state index contributed by atoms with van der Waals surface area (Å²) in [5.41, 5.74) is 2.87. The van der Waals surface area contributed by atoms with Gasteiger partial charge in [0.2, 0.25) is 0 Å². The molecular weight excluding hydrogens is 684 g/mol. The van der Waals surface area contributed by atoms with Crippen molar-refractivity contribution in [1.82, 2.24) is 0 Å². The summed E-state index contributed by atoms with van der Waals surface area (Å²) >= 11 is 0. The van der Waals surface area contributed by atoms with Crippen molar-refractivity contribution in [1.29, 1.82) is 0 Å². The van der Waals surface area contributed by atoms with E-state index in [-0.39, 0.29) is 26.4 Å². The fourth-order valence-electron chi connectivity index (χ4n) is 7.26. The van der Waals surface area contributed by atoms with Gasteiger partial charge in [-0.1, -0.05) is 91.0 Å². The summed E-state index contributed by atoms with van der Waals surface area (Å²) in [5.74, 6) is -2.23. The number of fused-ring (bicyclic) bond motifs is 3. The molecule has 286 valence electrons. The fraction of sp³-hybridized carbons (Fsp3) is 0.537. The highest BCUT2D eigenvalue weighted by atomic mass is 16.9. The third-order valence-electron chi connectivity index (χ3n) is 9.53. The highest BCUT2D eigenvalue weighted by Gasteiger charge is 2.61. The Balaban J connectivity index is 1.16. The van der Waals surface area contributed by atoms with Crippen LogP contribution in [0.15, 0.2) is 91.0 Å². The smallest absolute Gasteiger partial charge is 0.303 e. The Kier molecular flexibility index (Phi) is 11.9. The molecule has 4 aliphatic heterocycles. The first-order chi connectivity index (χ1) is 25.5. The Labute approximate surface area is 310 Å². The van der Waals surface area contributed by atoms with Crippen molar-refractivity contribution in [3.63, 3.8) is 0 Å². The predicted octanol–water partition coefficient (Wildman–Crippen LogP) is 5.44. The molecule has 0 saturated carbocycles. The van der Waals surface area contributed by atoms with E-state index in [2.05, 4.69) is 0 Å². The van der Waals surface area contributed by atoms with Crippen molar-refractivity contribution in [3.05, 3.63) is 108 Å². The molecule has 0 N–H and O–H groups in total. The molecule has 53 heavy (non-hydrogen) atoms. The minimum Gasteiger partial charge on any atom is -0.457 e. The van der Waals surface area contributed by atoms with Crippen LogP contribution in [-0.4, -0.2) is 92.2 Å². The van der Waals surface area contributed by atoms with Gasteiger partial charge in [0.1, 0.15) is 42.7 Å². The summed E-state index contributed by atoms with van der Waals surface area (Å²) in [4.78, 5) is 12.7. The first kappa shape index (κ1) is 38.0. The van der Waals surface area contributed by atoms with E-state index in [1.165, 1.54) is 6.92 Å². The van der Waals surface area contributed by atoms with E-state index in [0.717, 1.165) is 16.7 Å². The second kappa shape index (κ2) is 16.6. The average Bonchev–Trinajstić information content (AvgIpc) is 3.64. The van der Waals surface area contributed by atoms with Gasteiger partial charge in [0.15, 0.2) is 30.3 Å². The van der Waals surface area contributed by atoms with E-state index in [1.807, 2.05) is 119 Å². The molecule has 3 aromatic carbocycles. The summed E-state index contributed by atoms with van der Waals surface area (Å²) in [7, 11) is 0. The summed E-state index contributed by atoms with van der Waals surface area (Å²) in [6, 6.07) is 29.4. The minimum absolute atomic E-state index is 0.0324. The number of hydrogen-bond donors (Lipinski definition) is 0. The van der Waals surface area contributed by atoms with Gasteiger partial charge >= 0.3 is 5.97 Å². The van der Waals surface area contributed by atoms with E-state index in [9.17, 15) is 4.79 Å². The zero-order chi connectivity index (χ0) is 37.0. The topological polar surface area (TPSA) is 119 Å². The molecule has 0 aromatic heterocycles. The molecule has 0 amide bonds. The van der Waals surface area contributed by atoms with E-state index in [1.54, 1.807) is 0 Å². The number of hydrogen-bond acceptors (Lipinski definition) is 12. The van der Waals surface area contributed by atoms with Gasteiger partial charge in [0.05, 0.1) is 33.0 Å². The number of rotatable bonds is 14. The number of carbonyl (C=O) groups excluding carboxylic acids is 1. The third-order valence-corrected chi connectivity index (χ3v) is 9.53. The second-order valence-electron chi connectivity index (χ2n) is 14.7. The lowest BCUT2D eigenvalue weighted by molar-refractivity contribution is -0.332. The lowest BCUT2D eigenvalue weighted by Gasteiger charge is -2.46. The number of ether oxygens (including phenoxy) is 11. The van der Waals surface area contributed by atoms with Crippen LogP contribution >= 0.6 is 0 Å². The number of esters is 1. The van der Waals surface area contributed by atoms with Crippen LogP contribution in [-0.2, 0) is 76.7 Å². The summed E-state index contributed by atoms with van der Waals surface area (Å²) in [5, 5.41) is 0. The molecule has 3 aromatic rings. The maximum absolute atomic E-state index is 12.7. The van der Waals surface area contributed by atoms with Crippen molar-refractivity contribution < 1.29 is 56.9 Å². The van der Waals surface area contributed by atoms with Crippen molar-refractivity contribution in [2.45, 2.75) is 127 Å². The SMILES string of the molecule is CC(=O)O[C@@H]1[C@H](OCc2ccccc2)[C@@H](OCc2ccccc2)[C@@H](OC[C@H]2O[C@@H]3OC(C)(C)O[C@@H]3[C@H]3OC(C)(C)O[C@H]32)O[C@@H]1COCc1ccccc1. The second-order valence-corrected chi connectivity index (χ2v) is 14.7. The molecule has 4 heterocycles. The van der Waals surface area contributed by atoms with E-state index < -0.39 is 79.0 Å². The van der Waals surface area contributed by atoms with Crippen LogP contribution in [0, 0.1) is 0 Å². The summed E-state index contributed by atoms with van der Waals surface area (Å²) in [6.07, 6.45) is -7.06. The molecule has 4 aliphatic rings. The van der Waals surface area contributed by atoms with Crippen LogP contribution < -0.4 is 0 Å². The molecule has 0 radical (unpaired) electrons. The normalized spacial score (nSPS) is 32.8. The van der Waals surface area contributed by atoms with Crippen LogP contribution in [0.1, 0.15) is 51.3 Å². The van der Waals surface area contributed by atoms with Crippen molar-refractivity contribution >= 4 is 5.97 Å². The van der Waals surface area contributed by atoms with Gasteiger partial charge in [-0.15, -0.1) is 0 Å². The molecule has 12 nitrogen and oxygen atoms in total. The monoisotopic (exact) mass is 734 g/mol. The van der Waals surface area contributed by atoms with Gasteiger partial charge in [-0.2, -0.15) is 0 Å². The van der Waals surface area contributed by atoms with Crippen molar-refractivity contribution in [2.75, 3.05) is 13.2 Å². The fourth-order valence-corrected chi connectivity index (χ4v) is 7.26. The van der Waals surface area contributed by atoms with E-state index in [4.69, 9.17) is 52.1 Å². The zero-order valence-corrected chi connectivity index (χ0v) is 30.9. The molecule has 0 bridgehead atoms. The Bertz CT molecular complexity index is 1600. The van der Waals surface area contributed by atoms with Crippen molar-refractivity contribution in [2.24, 2.45) is 0 Å². The first-order valence-electron chi connectivity index (χ1n) is 18.3. The molecular formula is C41H50O12. The first-order valence-corrected chi connectivity index (χ1v) is 18.3. The number of carbonyl (C=O) groups is 1. The highest BCUT2D eigenvalue weighted by Crippen LogP contribution is 2.44. The predicted molar refractivity (Wildman–Crippen MR) is 189 cm³/mol. The quantitative estimate of drug-likeness (QED) is 0.196. The van der Waals surface area contributed by atoms with Gasteiger partial charge in [0.25, 0.3) is 0 Å². The summed E-state index contributed by atoms with van der Waals surface area (Å²) < 4.78 is 70.2. The lowest BCUT2D eigenvalue weighted by Crippen LogP contribution is -2.63. The molecule has 4 fully saturated rings. The Morgan fingerprint density at radius 2 is 1.09 bits per heavy atom. The van der Waals surface area contributed by atoms with Crippen LogP contribution in [0.25, 0.3) is 0 Å². The highest BCUT2D eigenvalue weighted by molar-refractivity contribution is 5.66. The molecule has 0 unspecified atom stereocenters.